The predicted molar refractivity (Wildman–Crippen MR) is 107 cm³/mol. The molecule has 3 rings (SSSR count). The van der Waals surface area contributed by atoms with Crippen molar-refractivity contribution in [2.75, 3.05) is 6.61 Å². The number of carbonyl (C=O) groups excluding carboxylic acids is 1. The van der Waals surface area contributed by atoms with E-state index in [4.69, 9.17) is 4.74 Å². The number of hydrogen-bond donors (Lipinski definition) is 0. The lowest BCUT2D eigenvalue weighted by atomic mass is 10.1. The molecule has 3 aromatic rings. The van der Waals surface area contributed by atoms with Gasteiger partial charge in [0.25, 0.3) is 0 Å². The number of aryl methyl sites for hydroxylation is 2. The quantitative estimate of drug-likeness (QED) is 0.449. The minimum atomic E-state index is -0.316. The van der Waals surface area contributed by atoms with Gasteiger partial charge in [-0.05, 0) is 57.0 Å². The Morgan fingerprint density at radius 1 is 1.15 bits per heavy atom. The highest BCUT2D eigenvalue weighted by atomic mass is 16.5. The molecule has 0 aliphatic heterocycles. The fourth-order valence-electron chi connectivity index (χ4n) is 3.44. The molecule has 0 fully saturated rings. The molecule has 0 aliphatic carbocycles. The van der Waals surface area contributed by atoms with E-state index in [1.54, 1.807) is 6.08 Å². The number of ether oxygens (including phenoxy) is 1. The van der Waals surface area contributed by atoms with Gasteiger partial charge in [-0.25, -0.2) is 4.79 Å². The molecule has 0 aliphatic rings. The van der Waals surface area contributed by atoms with Crippen molar-refractivity contribution in [1.82, 2.24) is 4.57 Å². The molecule has 0 N–H and O–H groups in total. The van der Waals surface area contributed by atoms with Gasteiger partial charge in [-0.1, -0.05) is 42.5 Å². The van der Waals surface area contributed by atoms with E-state index in [1.807, 2.05) is 18.2 Å². The Morgan fingerprint density at radius 3 is 2.50 bits per heavy atom. The van der Waals surface area contributed by atoms with Crippen LogP contribution in [0.15, 0.2) is 55.1 Å². The van der Waals surface area contributed by atoms with Gasteiger partial charge in [-0.15, -0.1) is 0 Å². The molecule has 0 bridgehead atoms. The highest BCUT2D eigenvalue weighted by Crippen LogP contribution is 2.32. The number of aromatic nitrogens is 1. The van der Waals surface area contributed by atoms with Crippen LogP contribution in [0.2, 0.25) is 0 Å². The van der Waals surface area contributed by atoms with E-state index in [-0.39, 0.29) is 18.6 Å². The summed E-state index contributed by atoms with van der Waals surface area (Å²) in [5.41, 5.74) is 6.64. The summed E-state index contributed by atoms with van der Waals surface area (Å²) in [5.74, 6) is -0.316. The summed E-state index contributed by atoms with van der Waals surface area (Å²) in [7, 11) is 0. The molecule has 1 unspecified atom stereocenters. The monoisotopic (exact) mass is 347 g/mol. The maximum absolute atomic E-state index is 12.2. The van der Waals surface area contributed by atoms with Gasteiger partial charge in [0.2, 0.25) is 0 Å². The minimum Gasteiger partial charge on any atom is -0.458 e. The molecule has 134 valence electrons. The Hall–Kier alpha value is -2.81. The van der Waals surface area contributed by atoms with Crippen molar-refractivity contribution in [3.05, 3.63) is 83.1 Å². The van der Waals surface area contributed by atoms with E-state index < -0.39 is 0 Å². The van der Waals surface area contributed by atoms with Gasteiger partial charge >= 0.3 is 5.97 Å². The standard InChI is InChI=1S/C23H25NO2/c1-6-13-26-23(25)20-11-12-22-21(14-20)16(3)17(4)24(22)18(5)19-9-7-15(2)8-10-19/h6-12,14,18H,1,13H2,2-5H3. The Kier molecular flexibility index (Phi) is 4.99. The second kappa shape index (κ2) is 7.20. The molecule has 26 heavy (non-hydrogen) atoms. The zero-order valence-electron chi connectivity index (χ0n) is 15.9. The fraction of sp³-hybridized carbons (Fsp3) is 0.261. The third-order valence-corrected chi connectivity index (χ3v) is 5.08. The molecule has 0 spiro atoms. The first-order valence-corrected chi connectivity index (χ1v) is 8.89. The lowest BCUT2D eigenvalue weighted by molar-refractivity contribution is 0.0550. The number of nitrogens with zero attached hydrogens (tertiary/aromatic N) is 1. The minimum absolute atomic E-state index is 0.213. The van der Waals surface area contributed by atoms with E-state index in [0.717, 1.165) is 10.9 Å². The fourth-order valence-corrected chi connectivity index (χ4v) is 3.44. The van der Waals surface area contributed by atoms with E-state index in [0.29, 0.717) is 5.56 Å². The van der Waals surface area contributed by atoms with Gasteiger partial charge in [0.15, 0.2) is 0 Å². The van der Waals surface area contributed by atoms with Gasteiger partial charge in [-0.3, -0.25) is 0 Å². The van der Waals surface area contributed by atoms with Crippen LogP contribution in [0.3, 0.4) is 0 Å². The van der Waals surface area contributed by atoms with Crippen molar-refractivity contribution in [3.8, 4) is 0 Å². The Bertz CT molecular complexity index is 964. The smallest absolute Gasteiger partial charge is 0.338 e. The molecule has 0 radical (unpaired) electrons. The zero-order chi connectivity index (χ0) is 18.8. The molecule has 0 amide bonds. The third-order valence-electron chi connectivity index (χ3n) is 5.08. The average molecular weight is 347 g/mol. The Balaban J connectivity index is 2.06. The van der Waals surface area contributed by atoms with Gasteiger partial charge in [0, 0.05) is 16.6 Å². The molecule has 1 aromatic heterocycles. The van der Waals surface area contributed by atoms with Gasteiger partial charge < -0.3 is 9.30 Å². The Morgan fingerprint density at radius 2 is 1.85 bits per heavy atom. The summed E-state index contributed by atoms with van der Waals surface area (Å²) in [6.45, 7) is 12.4. The van der Waals surface area contributed by atoms with Crippen LogP contribution in [-0.4, -0.2) is 17.1 Å². The van der Waals surface area contributed by atoms with Crippen LogP contribution < -0.4 is 0 Å². The number of rotatable bonds is 5. The molecule has 2 aromatic carbocycles. The highest BCUT2D eigenvalue weighted by Gasteiger charge is 2.18. The second-order valence-corrected chi connectivity index (χ2v) is 6.79. The summed E-state index contributed by atoms with van der Waals surface area (Å²) in [4.78, 5) is 12.2. The van der Waals surface area contributed by atoms with Crippen molar-refractivity contribution in [3.63, 3.8) is 0 Å². The van der Waals surface area contributed by atoms with Crippen LogP contribution in [0.1, 0.15) is 45.7 Å². The van der Waals surface area contributed by atoms with Crippen molar-refractivity contribution in [2.45, 2.75) is 33.7 Å². The zero-order valence-corrected chi connectivity index (χ0v) is 15.9. The van der Waals surface area contributed by atoms with Gasteiger partial charge in [0.05, 0.1) is 11.6 Å². The van der Waals surface area contributed by atoms with E-state index in [2.05, 4.69) is 63.1 Å². The highest BCUT2D eigenvalue weighted by molar-refractivity contribution is 5.96. The van der Waals surface area contributed by atoms with Crippen LogP contribution in [0.25, 0.3) is 10.9 Å². The predicted octanol–water partition coefficient (Wildman–Crippen LogP) is 5.52. The van der Waals surface area contributed by atoms with Crippen molar-refractivity contribution < 1.29 is 9.53 Å². The van der Waals surface area contributed by atoms with Crippen molar-refractivity contribution in [1.29, 1.82) is 0 Å². The summed E-state index contributed by atoms with van der Waals surface area (Å²) in [6.07, 6.45) is 1.57. The number of carbonyl (C=O) groups is 1. The first kappa shape index (κ1) is 18.0. The maximum atomic E-state index is 12.2. The van der Waals surface area contributed by atoms with Crippen LogP contribution in [0.5, 0.6) is 0 Å². The normalized spacial score (nSPS) is 12.2. The largest absolute Gasteiger partial charge is 0.458 e. The lowest BCUT2D eigenvalue weighted by Crippen LogP contribution is -2.09. The summed E-state index contributed by atoms with van der Waals surface area (Å²) in [5, 5.41) is 1.09. The van der Waals surface area contributed by atoms with Crippen molar-refractivity contribution in [2.24, 2.45) is 0 Å². The number of benzene rings is 2. The lowest BCUT2D eigenvalue weighted by Gasteiger charge is -2.18. The number of hydrogen-bond acceptors (Lipinski definition) is 2. The second-order valence-electron chi connectivity index (χ2n) is 6.79. The molecular weight excluding hydrogens is 322 g/mol. The summed E-state index contributed by atoms with van der Waals surface area (Å²) >= 11 is 0. The maximum Gasteiger partial charge on any atom is 0.338 e. The molecule has 1 atom stereocenters. The van der Waals surface area contributed by atoms with E-state index >= 15 is 0 Å². The third kappa shape index (κ3) is 3.17. The average Bonchev–Trinajstić information content (AvgIpc) is 2.90. The topological polar surface area (TPSA) is 31.2 Å². The van der Waals surface area contributed by atoms with Crippen molar-refractivity contribution >= 4 is 16.9 Å². The summed E-state index contributed by atoms with van der Waals surface area (Å²) in [6, 6.07) is 14.7. The summed E-state index contributed by atoms with van der Waals surface area (Å²) < 4.78 is 7.51. The number of esters is 1. The molecule has 3 nitrogen and oxygen atoms in total. The van der Waals surface area contributed by atoms with E-state index in [9.17, 15) is 4.79 Å². The SMILES string of the molecule is C=CCOC(=O)c1ccc2c(c1)c(C)c(C)n2C(C)c1ccc(C)cc1. The van der Waals surface area contributed by atoms with Crippen LogP contribution in [0.4, 0.5) is 0 Å². The van der Waals surface area contributed by atoms with E-state index in [1.165, 1.54) is 22.4 Å². The molecule has 0 saturated heterocycles. The molecule has 0 saturated carbocycles. The molecule has 3 heteroatoms. The Labute approximate surface area is 154 Å². The van der Waals surface area contributed by atoms with Crippen LogP contribution in [0, 0.1) is 20.8 Å². The van der Waals surface area contributed by atoms with Gasteiger partial charge in [-0.2, -0.15) is 0 Å². The first-order valence-electron chi connectivity index (χ1n) is 8.89. The number of fused-ring (bicyclic) bond motifs is 1. The van der Waals surface area contributed by atoms with Crippen LogP contribution in [-0.2, 0) is 4.74 Å². The van der Waals surface area contributed by atoms with Gasteiger partial charge in [0.1, 0.15) is 6.61 Å². The molecule has 1 heterocycles. The molecular formula is C23H25NO2. The first-order chi connectivity index (χ1) is 12.4. The van der Waals surface area contributed by atoms with Crippen LogP contribution >= 0.6 is 0 Å².